The van der Waals surface area contributed by atoms with Crippen LogP contribution in [0, 0.1) is 5.92 Å². The first-order valence-corrected chi connectivity index (χ1v) is 10.9. The van der Waals surface area contributed by atoms with Crippen LogP contribution in [0.15, 0.2) is 30.6 Å². The van der Waals surface area contributed by atoms with Crippen LogP contribution in [0.4, 0.5) is 0 Å². The lowest BCUT2D eigenvalue weighted by molar-refractivity contribution is 0.190. The van der Waals surface area contributed by atoms with E-state index in [0.717, 1.165) is 12.8 Å². The van der Waals surface area contributed by atoms with Gasteiger partial charge in [-0.05, 0) is 60.2 Å². The van der Waals surface area contributed by atoms with E-state index in [1.165, 1.54) is 11.1 Å². The van der Waals surface area contributed by atoms with Crippen molar-refractivity contribution in [2.75, 3.05) is 0 Å². The van der Waals surface area contributed by atoms with E-state index < -0.39 is 8.32 Å². The van der Waals surface area contributed by atoms with Crippen LogP contribution in [0.1, 0.15) is 46.1 Å². The Morgan fingerprint density at radius 2 is 1.81 bits per heavy atom. The topological polar surface area (TPSA) is 22.1 Å². The van der Waals surface area contributed by atoms with Crippen LogP contribution in [0.3, 0.4) is 0 Å². The minimum absolute atomic E-state index is 0.262. The van der Waals surface area contributed by atoms with Gasteiger partial charge in [0.05, 0.1) is 6.10 Å². The van der Waals surface area contributed by atoms with Crippen LogP contribution in [0.5, 0.6) is 0 Å². The predicted molar refractivity (Wildman–Crippen MR) is 92.7 cm³/mol. The third-order valence-corrected chi connectivity index (χ3v) is 9.40. The summed E-state index contributed by atoms with van der Waals surface area (Å²) in [6.45, 7) is 13.9. The molecule has 2 atom stereocenters. The van der Waals surface area contributed by atoms with Gasteiger partial charge in [-0.3, -0.25) is 4.98 Å². The second-order valence-electron chi connectivity index (χ2n) is 7.89. The Bertz CT molecular complexity index is 502. The van der Waals surface area contributed by atoms with Crippen molar-refractivity contribution in [3.05, 3.63) is 36.2 Å². The normalized spacial score (nSPS) is 23.8. The summed E-state index contributed by atoms with van der Waals surface area (Å²) in [6, 6.07) is 4.21. The smallest absolute Gasteiger partial charge is 0.192 e. The molecule has 0 aliphatic heterocycles. The summed E-state index contributed by atoms with van der Waals surface area (Å²) in [7, 11) is -1.71. The van der Waals surface area contributed by atoms with E-state index in [9.17, 15) is 0 Å². The highest BCUT2D eigenvalue weighted by molar-refractivity contribution is 6.74. The van der Waals surface area contributed by atoms with Crippen molar-refractivity contribution in [1.82, 2.24) is 4.98 Å². The Hall–Kier alpha value is -0.933. The number of hydrogen-bond donors (Lipinski definition) is 0. The zero-order valence-electron chi connectivity index (χ0n) is 14.3. The van der Waals surface area contributed by atoms with Crippen molar-refractivity contribution in [3.63, 3.8) is 0 Å². The average Bonchev–Trinajstić information content (AvgIpc) is 2.37. The van der Waals surface area contributed by atoms with Crippen molar-refractivity contribution < 1.29 is 4.43 Å². The van der Waals surface area contributed by atoms with Gasteiger partial charge in [0.25, 0.3) is 0 Å². The van der Waals surface area contributed by atoms with Crippen LogP contribution in [-0.4, -0.2) is 19.4 Å². The second-order valence-corrected chi connectivity index (χ2v) is 12.6. The molecule has 3 heteroatoms. The molecule has 2 rings (SSSR count). The largest absolute Gasteiger partial charge is 0.411 e. The Labute approximate surface area is 130 Å². The van der Waals surface area contributed by atoms with Crippen molar-refractivity contribution >= 4 is 13.9 Å². The molecule has 2 nitrogen and oxygen atoms in total. The minimum Gasteiger partial charge on any atom is -0.411 e. The maximum absolute atomic E-state index is 6.61. The first kappa shape index (κ1) is 16.4. The molecule has 116 valence electrons. The summed E-state index contributed by atoms with van der Waals surface area (Å²) < 4.78 is 6.61. The molecule has 0 bridgehead atoms. The Morgan fingerprint density at radius 3 is 2.38 bits per heavy atom. The third kappa shape index (κ3) is 4.04. The van der Waals surface area contributed by atoms with Crippen LogP contribution in [0.2, 0.25) is 18.1 Å². The molecule has 0 aromatic carbocycles. The molecular formula is C18H29NOSi. The van der Waals surface area contributed by atoms with Gasteiger partial charge in [0.2, 0.25) is 0 Å². The first-order chi connectivity index (χ1) is 9.69. The van der Waals surface area contributed by atoms with Gasteiger partial charge in [-0.25, -0.2) is 0 Å². The predicted octanol–water partition coefficient (Wildman–Crippen LogP) is 5.29. The number of pyridine rings is 1. The maximum atomic E-state index is 6.61. The summed E-state index contributed by atoms with van der Waals surface area (Å²) >= 11 is 0. The first-order valence-electron chi connectivity index (χ1n) is 7.98. The molecule has 0 saturated carbocycles. The number of nitrogens with zero attached hydrogens (tertiary/aromatic N) is 1. The molecule has 0 amide bonds. The molecule has 1 heterocycles. The molecule has 0 saturated heterocycles. The highest BCUT2D eigenvalue weighted by Gasteiger charge is 2.39. The highest BCUT2D eigenvalue weighted by Crippen LogP contribution is 2.40. The highest BCUT2D eigenvalue weighted by atomic mass is 28.4. The van der Waals surface area contributed by atoms with Crippen LogP contribution >= 0.6 is 0 Å². The Morgan fingerprint density at radius 1 is 1.19 bits per heavy atom. The van der Waals surface area contributed by atoms with Crippen LogP contribution < -0.4 is 0 Å². The molecule has 1 aromatic rings. The fraction of sp³-hybridized carbons (Fsp3) is 0.611. The third-order valence-electron chi connectivity index (χ3n) is 4.89. The molecule has 1 aliphatic rings. The molecule has 1 aliphatic carbocycles. The monoisotopic (exact) mass is 303 g/mol. The summed E-state index contributed by atoms with van der Waals surface area (Å²) in [5.41, 5.74) is 2.71. The lowest BCUT2D eigenvalue weighted by Gasteiger charge is -2.40. The molecule has 2 unspecified atom stereocenters. The number of rotatable bonds is 3. The lowest BCUT2D eigenvalue weighted by atomic mass is 9.86. The molecule has 0 N–H and O–H groups in total. The van der Waals surface area contributed by atoms with Gasteiger partial charge >= 0.3 is 0 Å². The summed E-state index contributed by atoms with van der Waals surface area (Å²) in [5, 5.41) is 0.262. The van der Waals surface area contributed by atoms with Gasteiger partial charge in [0.1, 0.15) is 0 Å². The minimum atomic E-state index is -1.71. The van der Waals surface area contributed by atoms with Crippen molar-refractivity contribution in [2.24, 2.45) is 5.92 Å². The Balaban J connectivity index is 2.21. The van der Waals surface area contributed by atoms with E-state index in [-0.39, 0.29) is 11.1 Å². The van der Waals surface area contributed by atoms with E-state index in [1.807, 2.05) is 12.4 Å². The lowest BCUT2D eigenvalue weighted by Crippen LogP contribution is -2.44. The van der Waals surface area contributed by atoms with Gasteiger partial charge in [-0.2, -0.15) is 0 Å². The summed E-state index contributed by atoms with van der Waals surface area (Å²) in [6.07, 6.45) is 8.65. The molecule has 0 spiro atoms. The molecule has 0 fully saturated rings. The van der Waals surface area contributed by atoms with Crippen molar-refractivity contribution in [2.45, 2.75) is 64.8 Å². The van der Waals surface area contributed by atoms with Gasteiger partial charge in [-0.1, -0.05) is 33.8 Å². The standard InChI is InChI=1S/C18H29NOSi/c1-14-11-16(15-7-9-19-10-8-15)13-17(12-14)20-21(5,6)18(2,3)4/h7-10,13-14,17H,11-12H2,1-6H3. The fourth-order valence-electron chi connectivity index (χ4n) is 2.63. The van der Waals surface area contributed by atoms with E-state index in [4.69, 9.17) is 4.43 Å². The maximum Gasteiger partial charge on any atom is 0.192 e. The van der Waals surface area contributed by atoms with E-state index in [1.54, 1.807) is 0 Å². The summed E-state index contributed by atoms with van der Waals surface area (Å²) in [5.74, 6) is 0.674. The van der Waals surface area contributed by atoms with Crippen molar-refractivity contribution in [1.29, 1.82) is 0 Å². The summed E-state index contributed by atoms with van der Waals surface area (Å²) in [4.78, 5) is 4.12. The Kier molecular flexibility index (Phi) is 4.74. The molecule has 0 radical (unpaired) electrons. The second kappa shape index (κ2) is 6.05. The van der Waals surface area contributed by atoms with Gasteiger partial charge < -0.3 is 4.43 Å². The quantitative estimate of drug-likeness (QED) is 0.708. The van der Waals surface area contributed by atoms with Crippen molar-refractivity contribution in [3.8, 4) is 0 Å². The number of aromatic nitrogens is 1. The molecule has 21 heavy (non-hydrogen) atoms. The number of hydrogen-bond acceptors (Lipinski definition) is 2. The molecule has 1 aromatic heterocycles. The van der Waals surface area contributed by atoms with E-state index in [2.05, 4.69) is 64.0 Å². The zero-order chi connectivity index (χ0) is 15.7. The number of allylic oxidation sites excluding steroid dienone is 1. The molecular weight excluding hydrogens is 274 g/mol. The van der Waals surface area contributed by atoms with Gasteiger partial charge in [0.15, 0.2) is 8.32 Å². The van der Waals surface area contributed by atoms with Gasteiger partial charge in [-0.15, -0.1) is 0 Å². The van der Waals surface area contributed by atoms with Crippen LogP contribution in [-0.2, 0) is 4.43 Å². The van der Waals surface area contributed by atoms with Gasteiger partial charge in [0, 0.05) is 12.4 Å². The van der Waals surface area contributed by atoms with E-state index >= 15 is 0 Å². The zero-order valence-corrected chi connectivity index (χ0v) is 15.3. The van der Waals surface area contributed by atoms with E-state index in [0.29, 0.717) is 5.92 Å². The SMILES string of the molecule is CC1CC(c2ccncc2)=CC(O[Si](C)(C)C(C)(C)C)C1. The fourth-order valence-corrected chi connectivity index (χ4v) is 3.91. The van der Waals surface area contributed by atoms with Crippen LogP contribution in [0.25, 0.3) is 5.57 Å². The average molecular weight is 304 g/mol.